The van der Waals surface area contributed by atoms with Crippen LogP contribution in [0.25, 0.3) is 10.9 Å². The first-order chi connectivity index (χ1) is 10.5. The molecule has 1 aromatic heterocycles. The summed E-state index contributed by atoms with van der Waals surface area (Å²) in [4.78, 5) is 14.5. The van der Waals surface area contributed by atoms with Crippen molar-refractivity contribution in [3.63, 3.8) is 0 Å². The van der Waals surface area contributed by atoms with Crippen LogP contribution in [-0.4, -0.2) is 33.7 Å². The monoisotopic (exact) mass is 299 g/mol. The van der Waals surface area contributed by atoms with Gasteiger partial charge in [0.05, 0.1) is 18.3 Å². The normalized spacial score (nSPS) is 22.2. The van der Waals surface area contributed by atoms with Gasteiger partial charge < -0.3 is 4.90 Å². The molecular formula is C18H25N3O. The summed E-state index contributed by atoms with van der Waals surface area (Å²) in [6.07, 6.45) is 3.64. The van der Waals surface area contributed by atoms with Crippen molar-refractivity contribution in [3.05, 3.63) is 30.0 Å². The number of rotatable bonds is 3. The summed E-state index contributed by atoms with van der Waals surface area (Å²) in [6.45, 7) is 9.02. The van der Waals surface area contributed by atoms with E-state index in [1.54, 1.807) is 0 Å². The molecule has 1 amide bonds. The van der Waals surface area contributed by atoms with E-state index in [9.17, 15) is 4.79 Å². The molecule has 0 saturated carbocycles. The summed E-state index contributed by atoms with van der Waals surface area (Å²) in [6, 6.07) is 6.32. The average Bonchev–Trinajstić information content (AvgIpc) is 2.86. The molecule has 3 rings (SSSR count). The molecule has 1 saturated heterocycles. The standard InChI is InChI=1S/C18H25N3O/c1-13-4-5-16-10-19-21(17(16)9-13)7-6-18(22)20-11-14(2)8-15(3)12-20/h4-5,9-10,14-15H,6-8,11-12H2,1-3H3. The Kier molecular flexibility index (Phi) is 4.19. The Morgan fingerprint density at radius 2 is 2.00 bits per heavy atom. The second-order valence-electron chi connectivity index (χ2n) is 6.92. The third-order valence-electron chi connectivity index (χ3n) is 4.56. The van der Waals surface area contributed by atoms with Crippen molar-refractivity contribution in [1.29, 1.82) is 0 Å². The molecule has 0 radical (unpaired) electrons. The van der Waals surface area contributed by atoms with Crippen molar-refractivity contribution in [3.8, 4) is 0 Å². The van der Waals surface area contributed by atoms with Crippen molar-refractivity contribution in [1.82, 2.24) is 14.7 Å². The largest absolute Gasteiger partial charge is 0.342 e. The van der Waals surface area contributed by atoms with Crippen LogP contribution in [0.1, 0.15) is 32.3 Å². The summed E-state index contributed by atoms with van der Waals surface area (Å²) in [5.41, 5.74) is 2.34. The van der Waals surface area contributed by atoms with Gasteiger partial charge in [-0.2, -0.15) is 5.10 Å². The molecule has 0 bridgehead atoms. The van der Waals surface area contributed by atoms with E-state index in [-0.39, 0.29) is 5.91 Å². The van der Waals surface area contributed by atoms with Gasteiger partial charge in [-0.05, 0) is 36.8 Å². The van der Waals surface area contributed by atoms with Gasteiger partial charge >= 0.3 is 0 Å². The zero-order valence-corrected chi connectivity index (χ0v) is 13.7. The highest BCUT2D eigenvalue weighted by Crippen LogP contribution is 2.22. The quantitative estimate of drug-likeness (QED) is 0.872. The molecule has 0 spiro atoms. The van der Waals surface area contributed by atoms with Crippen LogP contribution in [0.2, 0.25) is 0 Å². The van der Waals surface area contributed by atoms with Crippen molar-refractivity contribution < 1.29 is 4.79 Å². The number of likely N-dealkylation sites (tertiary alicyclic amines) is 1. The third kappa shape index (κ3) is 3.16. The molecule has 2 atom stereocenters. The van der Waals surface area contributed by atoms with E-state index in [4.69, 9.17) is 0 Å². The van der Waals surface area contributed by atoms with Gasteiger partial charge in [0.1, 0.15) is 0 Å². The van der Waals surface area contributed by atoms with E-state index in [2.05, 4.69) is 44.1 Å². The summed E-state index contributed by atoms with van der Waals surface area (Å²) in [5.74, 6) is 1.48. The van der Waals surface area contributed by atoms with Crippen LogP contribution in [0.4, 0.5) is 0 Å². The number of piperidine rings is 1. The molecule has 0 N–H and O–H groups in total. The second kappa shape index (κ2) is 6.11. The fourth-order valence-electron chi connectivity index (χ4n) is 3.58. The second-order valence-corrected chi connectivity index (χ2v) is 6.92. The number of hydrogen-bond donors (Lipinski definition) is 0. The maximum atomic E-state index is 12.5. The summed E-state index contributed by atoms with van der Waals surface area (Å²) < 4.78 is 1.96. The van der Waals surface area contributed by atoms with Crippen LogP contribution < -0.4 is 0 Å². The van der Waals surface area contributed by atoms with Gasteiger partial charge in [0.15, 0.2) is 0 Å². The predicted octanol–water partition coefficient (Wildman–Crippen LogP) is 3.24. The van der Waals surface area contributed by atoms with E-state index in [0.717, 1.165) is 24.0 Å². The van der Waals surface area contributed by atoms with E-state index >= 15 is 0 Å². The zero-order valence-electron chi connectivity index (χ0n) is 13.7. The molecule has 1 aliphatic heterocycles. The maximum absolute atomic E-state index is 12.5. The van der Waals surface area contributed by atoms with Crippen molar-refractivity contribution in [2.75, 3.05) is 13.1 Å². The Hall–Kier alpha value is -1.84. The molecule has 1 aliphatic rings. The van der Waals surface area contributed by atoms with Gasteiger partial charge in [0, 0.05) is 24.9 Å². The molecule has 2 heterocycles. The first kappa shape index (κ1) is 15.1. The van der Waals surface area contributed by atoms with Gasteiger partial charge in [-0.1, -0.05) is 26.0 Å². The topological polar surface area (TPSA) is 38.1 Å². The van der Waals surface area contributed by atoms with E-state index in [1.165, 1.54) is 12.0 Å². The fourth-order valence-corrected chi connectivity index (χ4v) is 3.58. The zero-order chi connectivity index (χ0) is 15.7. The Bertz CT molecular complexity index is 666. The minimum Gasteiger partial charge on any atom is -0.342 e. The lowest BCUT2D eigenvalue weighted by atomic mass is 9.92. The van der Waals surface area contributed by atoms with Crippen LogP contribution >= 0.6 is 0 Å². The highest BCUT2D eigenvalue weighted by Gasteiger charge is 2.25. The van der Waals surface area contributed by atoms with Crippen LogP contribution in [0, 0.1) is 18.8 Å². The smallest absolute Gasteiger partial charge is 0.224 e. The van der Waals surface area contributed by atoms with Crippen LogP contribution in [-0.2, 0) is 11.3 Å². The highest BCUT2D eigenvalue weighted by atomic mass is 16.2. The number of fused-ring (bicyclic) bond motifs is 1. The Morgan fingerprint density at radius 3 is 2.73 bits per heavy atom. The van der Waals surface area contributed by atoms with Crippen molar-refractivity contribution in [2.45, 2.75) is 40.2 Å². The molecule has 4 nitrogen and oxygen atoms in total. The number of amides is 1. The van der Waals surface area contributed by atoms with E-state index < -0.39 is 0 Å². The number of nitrogens with zero attached hydrogens (tertiary/aromatic N) is 3. The lowest BCUT2D eigenvalue weighted by Crippen LogP contribution is -2.42. The van der Waals surface area contributed by atoms with Gasteiger partial charge in [0.2, 0.25) is 5.91 Å². The molecule has 118 valence electrons. The Balaban J connectivity index is 1.66. The molecule has 22 heavy (non-hydrogen) atoms. The molecule has 4 heteroatoms. The molecule has 2 aromatic rings. The summed E-state index contributed by atoms with van der Waals surface area (Å²) in [5, 5.41) is 5.57. The van der Waals surface area contributed by atoms with E-state index in [0.29, 0.717) is 24.8 Å². The van der Waals surface area contributed by atoms with Gasteiger partial charge in [0.25, 0.3) is 0 Å². The molecule has 1 aromatic carbocycles. The lowest BCUT2D eigenvalue weighted by Gasteiger charge is -2.35. The minimum atomic E-state index is 0.259. The number of benzene rings is 1. The van der Waals surface area contributed by atoms with Gasteiger partial charge in [-0.3, -0.25) is 9.48 Å². The summed E-state index contributed by atoms with van der Waals surface area (Å²) in [7, 11) is 0. The van der Waals surface area contributed by atoms with Gasteiger partial charge in [-0.15, -0.1) is 0 Å². The molecular weight excluding hydrogens is 274 g/mol. The lowest BCUT2D eigenvalue weighted by molar-refractivity contribution is -0.134. The molecule has 0 aliphatic carbocycles. The first-order valence-electron chi connectivity index (χ1n) is 8.23. The fraction of sp³-hybridized carbons (Fsp3) is 0.556. The summed E-state index contributed by atoms with van der Waals surface area (Å²) >= 11 is 0. The molecule has 2 unspecified atom stereocenters. The number of aromatic nitrogens is 2. The van der Waals surface area contributed by atoms with E-state index in [1.807, 2.05) is 15.8 Å². The average molecular weight is 299 g/mol. The van der Waals surface area contributed by atoms with Gasteiger partial charge in [-0.25, -0.2) is 0 Å². The van der Waals surface area contributed by atoms with Crippen LogP contribution in [0.15, 0.2) is 24.4 Å². The Morgan fingerprint density at radius 1 is 1.27 bits per heavy atom. The predicted molar refractivity (Wildman–Crippen MR) is 88.6 cm³/mol. The van der Waals surface area contributed by atoms with Crippen LogP contribution in [0.3, 0.4) is 0 Å². The maximum Gasteiger partial charge on any atom is 0.224 e. The minimum absolute atomic E-state index is 0.259. The number of carbonyl (C=O) groups excluding carboxylic acids is 1. The van der Waals surface area contributed by atoms with Crippen molar-refractivity contribution in [2.24, 2.45) is 11.8 Å². The highest BCUT2D eigenvalue weighted by molar-refractivity contribution is 5.80. The number of hydrogen-bond acceptors (Lipinski definition) is 2. The number of carbonyl (C=O) groups is 1. The molecule has 1 fully saturated rings. The number of aryl methyl sites for hydroxylation is 2. The Labute approximate surface area is 132 Å². The first-order valence-corrected chi connectivity index (χ1v) is 8.23. The third-order valence-corrected chi connectivity index (χ3v) is 4.56. The van der Waals surface area contributed by atoms with Crippen LogP contribution in [0.5, 0.6) is 0 Å². The SMILES string of the molecule is Cc1ccc2cnn(CCC(=O)N3CC(C)CC(C)C3)c2c1. The van der Waals surface area contributed by atoms with Crippen molar-refractivity contribution >= 4 is 16.8 Å².